The first-order valence-electron chi connectivity index (χ1n) is 2.43. The van der Waals surface area contributed by atoms with Crippen molar-refractivity contribution in [3.8, 4) is 5.75 Å². The van der Waals surface area contributed by atoms with E-state index in [1.165, 1.54) is 12.3 Å². The number of hydrogen-bond acceptors (Lipinski definition) is 3. The van der Waals surface area contributed by atoms with Crippen LogP contribution in [0.4, 0.5) is 0 Å². The largest absolute Gasteiger partial charge is 0.506 e. The molecule has 0 spiro atoms. The van der Waals surface area contributed by atoms with Gasteiger partial charge in [-0.05, 0) is 0 Å². The molecule has 0 radical (unpaired) electrons. The van der Waals surface area contributed by atoms with Gasteiger partial charge in [0, 0.05) is 12.3 Å². The molecule has 9 heavy (non-hydrogen) atoms. The van der Waals surface area contributed by atoms with E-state index in [1.807, 2.05) is 0 Å². The predicted molar refractivity (Wildman–Crippen MR) is 29.6 cm³/mol. The molecule has 1 rings (SSSR count). The zero-order chi connectivity index (χ0) is 6.85. The Morgan fingerprint density at radius 3 is 2.33 bits per heavy atom. The molecular formula is C5H7NO3. The van der Waals surface area contributed by atoms with Crippen LogP contribution in [0.25, 0.3) is 0 Å². The first-order chi connectivity index (χ1) is 4.20. The van der Waals surface area contributed by atoms with Crippen LogP contribution in [0.15, 0.2) is 12.3 Å². The molecule has 4 N–H and O–H groups in total. The van der Waals surface area contributed by atoms with Gasteiger partial charge in [-0.1, -0.05) is 0 Å². The van der Waals surface area contributed by atoms with E-state index in [1.54, 1.807) is 0 Å². The average Bonchev–Trinajstić information content (AvgIpc) is 2.14. The van der Waals surface area contributed by atoms with Crippen LogP contribution >= 0.6 is 0 Å². The van der Waals surface area contributed by atoms with Crippen molar-refractivity contribution in [3.05, 3.63) is 18.0 Å². The summed E-state index contributed by atoms with van der Waals surface area (Å²) in [5.74, 6) is -0.00176. The van der Waals surface area contributed by atoms with E-state index < -0.39 is 6.29 Å². The van der Waals surface area contributed by atoms with Gasteiger partial charge in [0.25, 0.3) is 0 Å². The Balaban J connectivity index is 2.85. The van der Waals surface area contributed by atoms with Gasteiger partial charge in [-0.25, -0.2) is 0 Å². The summed E-state index contributed by atoms with van der Waals surface area (Å²) in [6.45, 7) is 0. The van der Waals surface area contributed by atoms with Gasteiger partial charge in [0.15, 0.2) is 6.29 Å². The molecule has 50 valence electrons. The summed E-state index contributed by atoms with van der Waals surface area (Å²) in [6.07, 6.45) is -0.264. The second-order valence-electron chi connectivity index (χ2n) is 1.69. The lowest BCUT2D eigenvalue weighted by Crippen LogP contribution is -1.93. The van der Waals surface area contributed by atoms with Crippen LogP contribution in [0.1, 0.15) is 12.0 Å². The Kier molecular flexibility index (Phi) is 1.42. The standard InChI is InChI=1S/C5H7NO3/c7-3-1-4(5(8)9)6-2-3/h1-2,5-9H. The number of hydrogen-bond donors (Lipinski definition) is 4. The van der Waals surface area contributed by atoms with E-state index in [9.17, 15) is 0 Å². The SMILES string of the molecule is Oc1c[nH]c(C(O)O)c1. The monoisotopic (exact) mass is 129 g/mol. The number of rotatable bonds is 1. The van der Waals surface area contributed by atoms with Crippen molar-refractivity contribution < 1.29 is 15.3 Å². The fraction of sp³-hybridized carbons (Fsp3) is 0.200. The Bertz CT molecular complexity index is 194. The summed E-state index contributed by atoms with van der Waals surface area (Å²) in [5, 5.41) is 25.5. The molecule has 0 fully saturated rings. The molecule has 1 aromatic rings. The summed E-state index contributed by atoms with van der Waals surface area (Å²) in [4.78, 5) is 2.45. The van der Waals surface area contributed by atoms with Gasteiger partial charge in [0.2, 0.25) is 0 Å². The first-order valence-corrected chi connectivity index (χ1v) is 2.43. The van der Waals surface area contributed by atoms with Gasteiger partial charge < -0.3 is 20.3 Å². The molecular weight excluding hydrogens is 122 g/mol. The molecule has 0 unspecified atom stereocenters. The lowest BCUT2D eigenvalue weighted by Gasteiger charge is -1.95. The summed E-state index contributed by atoms with van der Waals surface area (Å²) < 4.78 is 0. The Hall–Kier alpha value is -1.00. The zero-order valence-electron chi connectivity index (χ0n) is 4.57. The maximum Gasteiger partial charge on any atom is 0.194 e. The molecule has 4 nitrogen and oxygen atoms in total. The second-order valence-corrected chi connectivity index (χ2v) is 1.69. The second kappa shape index (κ2) is 2.08. The summed E-state index contributed by atoms with van der Waals surface area (Å²) in [7, 11) is 0. The third-order valence-electron chi connectivity index (χ3n) is 0.968. The van der Waals surface area contributed by atoms with Gasteiger partial charge >= 0.3 is 0 Å². The molecule has 0 bridgehead atoms. The number of nitrogens with one attached hydrogen (secondary N) is 1. The highest BCUT2D eigenvalue weighted by Crippen LogP contribution is 2.13. The average molecular weight is 129 g/mol. The molecule has 1 heterocycles. The highest BCUT2D eigenvalue weighted by molar-refractivity contribution is 5.21. The highest BCUT2D eigenvalue weighted by atomic mass is 16.5. The van der Waals surface area contributed by atoms with Gasteiger partial charge in [-0.3, -0.25) is 0 Å². The van der Waals surface area contributed by atoms with E-state index in [0.717, 1.165) is 0 Å². The maximum atomic E-state index is 8.65. The minimum absolute atomic E-state index is 0.00176. The van der Waals surface area contributed by atoms with Gasteiger partial charge in [0.1, 0.15) is 5.75 Å². The third-order valence-corrected chi connectivity index (χ3v) is 0.968. The fourth-order valence-electron chi connectivity index (χ4n) is 0.549. The van der Waals surface area contributed by atoms with E-state index in [0.29, 0.717) is 0 Å². The van der Waals surface area contributed by atoms with Crippen molar-refractivity contribution >= 4 is 0 Å². The number of aliphatic hydroxyl groups excluding tert-OH is 1. The quantitative estimate of drug-likeness (QED) is 0.393. The van der Waals surface area contributed by atoms with Crippen LogP contribution in [0.2, 0.25) is 0 Å². The topological polar surface area (TPSA) is 76.5 Å². The van der Waals surface area contributed by atoms with Crippen molar-refractivity contribution in [2.24, 2.45) is 0 Å². The van der Waals surface area contributed by atoms with E-state index in [2.05, 4.69) is 4.98 Å². The van der Waals surface area contributed by atoms with Crippen molar-refractivity contribution in [1.82, 2.24) is 4.98 Å². The number of H-pyrrole nitrogens is 1. The van der Waals surface area contributed by atoms with Crippen LogP contribution in [0.3, 0.4) is 0 Å². The van der Waals surface area contributed by atoms with Crippen LogP contribution in [0, 0.1) is 0 Å². The molecule has 0 amide bonds. The lowest BCUT2D eigenvalue weighted by atomic mass is 10.4. The van der Waals surface area contributed by atoms with Crippen LogP contribution in [0.5, 0.6) is 5.75 Å². The third kappa shape index (κ3) is 1.22. The molecule has 4 heteroatoms. The van der Waals surface area contributed by atoms with E-state index in [-0.39, 0.29) is 11.4 Å². The molecule has 0 aliphatic rings. The van der Waals surface area contributed by atoms with Crippen molar-refractivity contribution in [3.63, 3.8) is 0 Å². The van der Waals surface area contributed by atoms with E-state index in [4.69, 9.17) is 15.3 Å². The summed E-state index contributed by atoms with van der Waals surface area (Å²) in [6, 6.07) is 1.24. The van der Waals surface area contributed by atoms with Gasteiger partial charge in [0.05, 0.1) is 5.69 Å². The maximum absolute atomic E-state index is 8.65. The summed E-state index contributed by atoms with van der Waals surface area (Å²) >= 11 is 0. The number of aromatic amines is 1. The fourth-order valence-corrected chi connectivity index (χ4v) is 0.549. The minimum Gasteiger partial charge on any atom is -0.506 e. The van der Waals surface area contributed by atoms with E-state index >= 15 is 0 Å². The Morgan fingerprint density at radius 1 is 1.44 bits per heavy atom. The smallest absolute Gasteiger partial charge is 0.194 e. The Morgan fingerprint density at radius 2 is 2.11 bits per heavy atom. The van der Waals surface area contributed by atoms with Crippen molar-refractivity contribution in [1.29, 1.82) is 0 Å². The lowest BCUT2D eigenvalue weighted by molar-refractivity contribution is -0.0455. The van der Waals surface area contributed by atoms with Crippen LogP contribution in [-0.4, -0.2) is 20.3 Å². The molecule has 1 aromatic heterocycles. The minimum atomic E-state index is -1.54. The van der Waals surface area contributed by atoms with Crippen molar-refractivity contribution in [2.45, 2.75) is 6.29 Å². The summed E-state index contributed by atoms with van der Waals surface area (Å²) in [5.41, 5.74) is 0.188. The van der Waals surface area contributed by atoms with Gasteiger partial charge in [-0.15, -0.1) is 0 Å². The predicted octanol–water partition coefficient (Wildman–Crippen LogP) is -0.297. The molecule has 0 atom stereocenters. The number of aromatic hydroxyl groups is 1. The Labute approximate surface area is 51.4 Å². The number of aliphatic hydroxyl groups is 2. The van der Waals surface area contributed by atoms with Gasteiger partial charge in [-0.2, -0.15) is 0 Å². The number of aromatic nitrogens is 1. The van der Waals surface area contributed by atoms with Crippen molar-refractivity contribution in [2.75, 3.05) is 0 Å². The highest BCUT2D eigenvalue weighted by Gasteiger charge is 2.03. The first kappa shape index (κ1) is 6.12. The molecule has 0 saturated carbocycles. The van der Waals surface area contributed by atoms with Crippen LogP contribution < -0.4 is 0 Å². The molecule has 0 aliphatic carbocycles. The molecule has 0 aliphatic heterocycles. The normalized spacial score (nSPS) is 10.6. The molecule has 0 saturated heterocycles. The van der Waals surface area contributed by atoms with Crippen LogP contribution in [-0.2, 0) is 0 Å². The molecule has 0 aromatic carbocycles. The zero-order valence-corrected chi connectivity index (χ0v) is 4.57.